The molecule has 0 unspecified atom stereocenters. The van der Waals surface area contributed by atoms with E-state index in [1.54, 1.807) is 31.4 Å². The molecule has 0 aliphatic carbocycles. The summed E-state index contributed by atoms with van der Waals surface area (Å²) < 4.78 is 4.90. The Labute approximate surface area is 95.5 Å². The highest BCUT2D eigenvalue weighted by Crippen LogP contribution is 2.09. The van der Waals surface area contributed by atoms with E-state index in [2.05, 4.69) is 0 Å². The molecule has 0 aliphatic rings. The number of methoxy groups -OCH3 is 1. The summed E-state index contributed by atoms with van der Waals surface area (Å²) in [6.45, 7) is 0. The average Bonchev–Trinajstić information content (AvgIpc) is 2.41. The second-order valence-electron chi connectivity index (χ2n) is 3.05. The van der Waals surface area contributed by atoms with Crippen molar-refractivity contribution in [2.24, 2.45) is 0 Å². The Balaban J connectivity index is 0.000000181. The van der Waals surface area contributed by atoms with Crippen molar-refractivity contribution in [1.29, 1.82) is 0 Å². The van der Waals surface area contributed by atoms with Gasteiger partial charge in [-0.3, -0.25) is 4.79 Å². The van der Waals surface area contributed by atoms with E-state index in [1.807, 2.05) is 36.4 Å². The van der Waals surface area contributed by atoms with Crippen molar-refractivity contribution in [3.8, 4) is 5.75 Å². The second kappa shape index (κ2) is 7.23. The van der Waals surface area contributed by atoms with Crippen LogP contribution in [0.5, 0.6) is 5.75 Å². The van der Waals surface area contributed by atoms with Gasteiger partial charge in [0.25, 0.3) is 0 Å². The lowest BCUT2D eigenvalue weighted by Crippen LogP contribution is -1.82. The van der Waals surface area contributed by atoms with Crippen molar-refractivity contribution in [3.63, 3.8) is 0 Å². The van der Waals surface area contributed by atoms with Gasteiger partial charge in [-0.25, -0.2) is 0 Å². The van der Waals surface area contributed by atoms with Gasteiger partial charge in [-0.15, -0.1) is 0 Å². The molecule has 0 fully saturated rings. The lowest BCUT2D eigenvalue weighted by atomic mass is 10.2. The quantitative estimate of drug-likeness (QED) is 0.717. The molecule has 2 aromatic carbocycles. The molecule has 0 saturated heterocycles. The Morgan fingerprint density at radius 1 is 0.875 bits per heavy atom. The predicted molar refractivity (Wildman–Crippen MR) is 64.8 cm³/mol. The zero-order chi connectivity index (χ0) is 11.6. The molecule has 0 aliphatic heterocycles. The maximum atomic E-state index is 10.2. The molecular weight excluding hydrogens is 200 g/mol. The largest absolute Gasteiger partial charge is 0.497 e. The molecule has 0 aromatic heterocycles. The van der Waals surface area contributed by atoms with Crippen molar-refractivity contribution in [3.05, 3.63) is 66.2 Å². The van der Waals surface area contributed by atoms with Crippen LogP contribution in [-0.4, -0.2) is 13.4 Å². The molecule has 0 bridgehead atoms. The monoisotopic (exact) mass is 214 g/mol. The van der Waals surface area contributed by atoms with Crippen LogP contribution in [0.25, 0.3) is 0 Å². The van der Waals surface area contributed by atoms with Crippen molar-refractivity contribution < 1.29 is 9.53 Å². The van der Waals surface area contributed by atoms with Gasteiger partial charge in [0.2, 0.25) is 0 Å². The number of rotatable bonds is 2. The minimum absolute atomic E-state index is 0.667. The molecule has 0 spiro atoms. The van der Waals surface area contributed by atoms with E-state index < -0.39 is 0 Å². The Bertz CT molecular complexity index is 366. The fourth-order valence-electron chi connectivity index (χ4n) is 1.07. The summed E-state index contributed by atoms with van der Waals surface area (Å²) in [6.07, 6.45) is 0.805. The highest BCUT2D eigenvalue weighted by molar-refractivity contribution is 5.74. The Morgan fingerprint density at radius 2 is 1.31 bits per heavy atom. The van der Waals surface area contributed by atoms with Crippen LogP contribution in [0.4, 0.5) is 0 Å². The van der Waals surface area contributed by atoms with Gasteiger partial charge in [0.15, 0.2) is 0 Å². The van der Waals surface area contributed by atoms with Gasteiger partial charge in [0.05, 0.1) is 7.11 Å². The number of hydrogen-bond donors (Lipinski definition) is 0. The van der Waals surface area contributed by atoms with Gasteiger partial charge in [-0.05, 0) is 24.3 Å². The Kier molecular flexibility index (Phi) is 5.42. The third-order valence-corrected chi connectivity index (χ3v) is 1.92. The maximum absolute atomic E-state index is 10.2. The van der Waals surface area contributed by atoms with Gasteiger partial charge in [0, 0.05) is 5.56 Å². The molecule has 0 radical (unpaired) electrons. The smallest absolute Gasteiger partial charge is 0.150 e. The molecule has 2 nitrogen and oxygen atoms in total. The van der Waals surface area contributed by atoms with Crippen LogP contribution in [0.1, 0.15) is 10.4 Å². The van der Waals surface area contributed by atoms with Gasteiger partial charge >= 0.3 is 0 Å². The number of aldehydes is 1. The molecule has 82 valence electrons. The number of hydrogen-bond acceptors (Lipinski definition) is 2. The van der Waals surface area contributed by atoms with E-state index in [4.69, 9.17) is 4.74 Å². The van der Waals surface area contributed by atoms with Gasteiger partial charge < -0.3 is 4.74 Å². The fourth-order valence-corrected chi connectivity index (χ4v) is 1.07. The number of benzene rings is 2. The van der Waals surface area contributed by atoms with Crippen LogP contribution in [0.3, 0.4) is 0 Å². The third kappa shape index (κ3) is 4.42. The summed E-state index contributed by atoms with van der Waals surface area (Å²) in [5.41, 5.74) is 0.667. The number of ether oxygens (including phenoxy) is 1. The fraction of sp³-hybridized carbons (Fsp3) is 0.0714. The van der Waals surface area contributed by atoms with E-state index in [9.17, 15) is 4.79 Å². The predicted octanol–water partition coefficient (Wildman–Crippen LogP) is 3.19. The van der Waals surface area contributed by atoms with Crippen molar-refractivity contribution in [2.45, 2.75) is 0 Å². The van der Waals surface area contributed by atoms with E-state index in [1.165, 1.54) is 0 Å². The SMILES string of the molecule is COc1ccc(C=O)cc1.c1ccccc1. The summed E-state index contributed by atoms with van der Waals surface area (Å²) in [7, 11) is 1.59. The first-order valence-electron chi connectivity index (χ1n) is 4.96. The molecule has 0 N–H and O–H groups in total. The minimum Gasteiger partial charge on any atom is -0.497 e. The molecule has 0 atom stereocenters. The normalized spacial score (nSPS) is 8.56. The average molecular weight is 214 g/mol. The second-order valence-corrected chi connectivity index (χ2v) is 3.05. The Morgan fingerprint density at radius 3 is 1.62 bits per heavy atom. The van der Waals surface area contributed by atoms with Crippen LogP contribution in [0.2, 0.25) is 0 Å². The summed E-state index contributed by atoms with van der Waals surface area (Å²) in [5, 5.41) is 0. The molecular formula is C14H14O2. The van der Waals surface area contributed by atoms with Crippen LogP contribution in [0.15, 0.2) is 60.7 Å². The number of carbonyl (C=O) groups excluding carboxylic acids is 1. The van der Waals surface area contributed by atoms with E-state index in [0.717, 1.165) is 12.0 Å². The molecule has 2 rings (SSSR count). The summed E-state index contributed by atoms with van der Waals surface area (Å²) in [5.74, 6) is 0.769. The summed E-state index contributed by atoms with van der Waals surface area (Å²) in [6, 6.07) is 18.9. The van der Waals surface area contributed by atoms with Crippen LogP contribution in [0, 0.1) is 0 Å². The van der Waals surface area contributed by atoms with Gasteiger partial charge in [-0.2, -0.15) is 0 Å². The molecule has 16 heavy (non-hydrogen) atoms. The van der Waals surface area contributed by atoms with Gasteiger partial charge in [-0.1, -0.05) is 36.4 Å². The highest BCUT2D eigenvalue weighted by Gasteiger charge is 1.89. The standard InChI is InChI=1S/C8H8O2.C6H6/c1-10-8-4-2-7(6-9)3-5-8;1-2-4-6-5-3-1/h2-6H,1H3;1-6H. The topological polar surface area (TPSA) is 26.3 Å². The first kappa shape index (κ1) is 12.0. The van der Waals surface area contributed by atoms with E-state index >= 15 is 0 Å². The lowest BCUT2D eigenvalue weighted by Gasteiger charge is -1.96. The minimum atomic E-state index is 0.667. The highest BCUT2D eigenvalue weighted by atomic mass is 16.5. The third-order valence-electron chi connectivity index (χ3n) is 1.92. The number of carbonyl (C=O) groups is 1. The summed E-state index contributed by atoms with van der Waals surface area (Å²) in [4.78, 5) is 10.2. The van der Waals surface area contributed by atoms with E-state index in [-0.39, 0.29) is 0 Å². The molecule has 0 heterocycles. The van der Waals surface area contributed by atoms with Gasteiger partial charge in [0.1, 0.15) is 12.0 Å². The maximum Gasteiger partial charge on any atom is 0.150 e. The zero-order valence-electron chi connectivity index (χ0n) is 9.17. The zero-order valence-corrected chi connectivity index (χ0v) is 9.17. The summed E-state index contributed by atoms with van der Waals surface area (Å²) >= 11 is 0. The first-order valence-corrected chi connectivity index (χ1v) is 4.96. The van der Waals surface area contributed by atoms with Crippen molar-refractivity contribution >= 4 is 6.29 Å². The van der Waals surface area contributed by atoms with Crippen molar-refractivity contribution in [2.75, 3.05) is 7.11 Å². The molecule has 0 amide bonds. The van der Waals surface area contributed by atoms with E-state index in [0.29, 0.717) is 5.56 Å². The van der Waals surface area contributed by atoms with Crippen LogP contribution in [-0.2, 0) is 0 Å². The van der Waals surface area contributed by atoms with Crippen molar-refractivity contribution in [1.82, 2.24) is 0 Å². The van der Waals surface area contributed by atoms with Crippen LogP contribution >= 0.6 is 0 Å². The lowest BCUT2D eigenvalue weighted by molar-refractivity contribution is 0.112. The first-order chi connectivity index (χ1) is 7.86. The molecule has 2 heteroatoms. The molecule has 0 saturated carbocycles. The van der Waals surface area contributed by atoms with Crippen LogP contribution < -0.4 is 4.74 Å². The Hall–Kier alpha value is -2.09. The molecule has 2 aromatic rings.